The average molecular weight is 981 g/mol. The van der Waals surface area contributed by atoms with Gasteiger partial charge in [0.15, 0.2) is 0 Å². The maximum absolute atomic E-state index is 14.8. The number of unbranched alkanes of at least 4 members (excludes halogenated alkanes) is 16. The molecule has 0 heterocycles. The fourth-order valence-corrected chi connectivity index (χ4v) is 8.66. The Labute approximate surface area is 419 Å². The van der Waals surface area contributed by atoms with Gasteiger partial charge in [-0.3, -0.25) is 28.8 Å². The fourth-order valence-electron chi connectivity index (χ4n) is 8.66. The summed E-state index contributed by atoms with van der Waals surface area (Å²) in [6.07, 6.45) is 22.5. The lowest BCUT2D eigenvalue weighted by Crippen LogP contribution is -2.53. The van der Waals surface area contributed by atoms with E-state index in [4.69, 9.17) is 11.5 Å². The van der Waals surface area contributed by atoms with E-state index in [1.165, 1.54) is 41.9 Å². The summed E-state index contributed by atoms with van der Waals surface area (Å²) in [5.41, 5.74) is 11.5. The molecule has 404 valence electrons. The predicted octanol–water partition coefficient (Wildman–Crippen LogP) is 7.14. The quantitative estimate of drug-likeness (QED) is 0.0304. The van der Waals surface area contributed by atoms with Crippen LogP contribution in [-0.4, -0.2) is 162 Å². The molecular weight excluding hydrogens is 877 g/mol. The lowest BCUT2D eigenvalue weighted by Gasteiger charge is -2.34. The van der Waals surface area contributed by atoms with Crippen LogP contribution in [-0.2, 0) is 28.8 Å². The molecule has 0 aromatic carbocycles. The summed E-state index contributed by atoms with van der Waals surface area (Å²) < 4.78 is 0. The van der Waals surface area contributed by atoms with Gasteiger partial charge < -0.3 is 51.5 Å². The molecule has 3 unspecified atom stereocenters. The van der Waals surface area contributed by atoms with E-state index in [2.05, 4.69) is 46.9 Å². The summed E-state index contributed by atoms with van der Waals surface area (Å²) in [5, 5.41) is 22.7. The first-order valence-corrected chi connectivity index (χ1v) is 27.7. The second kappa shape index (κ2) is 43.4. The maximum Gasteiger partial charge on any atom is 0.305 e. The van der Waals surface area contributed by atoms with Gasteiger partial charge in [-0.25, -0.2) is 0 Å². The lowest BCUT2D eigenvalue weighted by atomic mass is 9.98. The van der Waals surface area contributed by atoms with Crippen LogP contribution in [0, 0.1) is 11.8 Å². The number of nitrogens with one attached hydrogen (secondary N) is 1. The van der Waals surface area contributed by atoms with Crippen LogP contribution in [0.1, 0.15) is 202 Å². The zero-order valence-electron chi connectivity index (χ0n) is 44.8. The van der Waals surface area contributed by atoms with Gasteiger partial charge in [0.1, 0.15) is 6.23 Å². The van der Waals surface area contributed by atoms with Crippen LogP contribution in [0.2, 0.25) is 0 Å². The monoisotopic (exact) mass is 981 g/mol. The minimum Gasteiger partial charge on any atom is -0.481 e. The van der Waals surface area contributed by atoms with Gasteiger partial charge in [-0.15, -0.1) is 0 Å². The van der Waals surface area contributed by atoms with Crippen molar-refractivity contribution in [1.82, 2.24) is 29.8 Å². The molecule has 0 aliphatic heterocycles. The van der Waals surface area contributed by atoms with Crippen molar-refractivity contribution in [2.45, 2.75) is 208 Å². The number of rotatable bonds is 47. The third-order valence-electron chi connectivity index (χ3n) is 13.3. The summed E-state index contributed by atoms with van der Waals surface area (Å²) >= 11 is 0. The Kier molecular flexibility index (Phi) is 41.3. The summed E-state index contributed by atoms with van der Waals surface area (Å²) in [6, 6.07) is 0. The molecule has 69 heavy (non-hydrogen) atoms. The summed E-state index contributed by atoms with van der Waals surface area (Å²) in [7, 11) is 0. The maximum atomic E-state index is 14.8. The normalized spacial score (nSPS) is 12.6. The van der Waals surface area contributed by atoms with Gasteiger partial charge in [-0.1, -0.05) is 170 Å². The molecule has 0 spiro atoms. The van der Waals surface area contributed by atoms with Crippen LogP contribution >= 0.6 is 0 Å². The predicted molar refractivity (Wildman–Crippen MR) is 279 cm³/mol. The Hall–Kier alpha value is -3.34. The molecule has 7 N–H and O–H groups in total. The van der Waals surface area contributed by atoms with Gasteiger partial charge in [0.2, 0.25) is 29.5 Å². The molecule has 0 bridgehead atoms. The molecular formula is C53H104N8O8. The molecule has 0 rings (SSSR count). The van der Waals surface area contributed by atoms with Crippen LogP contribution in [0.3, 0.4) is 0 Å². The van der Waals surface area contributed by atoms with E-state index in [-0.39, 0.29) is 75.9 Å². The van der Waals surface area contributed by atoms with E-state index in [1.807, 2.05) is 0 Å². The minimum absolute atomic E-state index is 0.0479. The van der Waals surface area contributed by atoms with E-state index >= 15 is 0 Å². The van der Waals surface area contributed by atoms with Crippen LogP contribution in [0.25, 0.3) is 0 Å². The SMILES string of the molecule is CCCCCCCCCCN(CC(=O)N(CC(=O)N(CCCCCCCCCC)CC(=O)N(CC(N)O)CC(CC)CCCC)CC(CC)CCCC)C(=O)CN(CCC(=O)O)C(=O)CNCCN. The van der Waals surface area contributed by atoms with Gasteiger partial charge in [-0.2, -0.15) is 0 Å². The van der Waals surface area contributed by atoms with Gasteiger partial charge >= 0.3 is 5.97 Å². The largest absolute Gasteiger partial charge is 0.481 e. The van der Waals surface area contributed by atoms with E-state index < -0.39 is 36.5 Å². The molecule has 0 fully saturated rings. The number of nitrogens with zero attached hydrogens (tertiary/aromatic N) is 5. The highest BCUT2D eigenvalue weighted by molar-refractivity contribution is 5.91. The van der Waals surface area contributed by atoms with Crippen molar-refractivity contribution in [2.24, 2.45) is 23.3 Å². The Bertz CT molecular complexity index is 1360. The van der Waals surface area contributed by atoms with E-state index in [1.54, 1.807) is 14.7 Å². The van der Waals surface area contributed by atoms with E-state index in [9.17, 15) is 39.0 Å². The first-order valence-electron chi connectivity index (χ1n) is 27.7. The van der Waals surface area contributed by atoms with Crippen molar-refractivity contribution in [3.05, 3.63) is 0 Å². The zero-order valence-corrected chi connectivity index (χ0v) is 44.8. The van der Waals surface area contributed by atoms with Crippen molar-refractivity contribution >= 4 is 35.5 Å². The first-order chi connectivity index (χ1) is 33.2. The highest BCUT2D eigenvalue weighted by Gasteiger charge is 2.30. The number of aliphatic hydroxyl groups is 1. The number of hydrogen-bond donors (Lipinski definition) is 5. The molecule has 5 amide bonds. The molecule has 0 radical (unpaired) electrons. The number of aliphatic carboxylic acids is 1. The van der Waals surface area contributed by atoms with Crippen LogP contribution in [0.4, 0.5) is 0 Å². The number of carbonyl (C=O) groups is 6. The zero-order chi connectivity index (χ0) is 51.7. The Morgan fingerprint density at radius 1 is 0.464 bits per heavy atom. The number of carboxylic acids is 1. The average Bonchev–Trinajstić information content (AvgIpc) is 3.32. The molecule has 0 saturated heterocycles. The number of hydrogen-bond acceptors (Lipinski definition) is 10. The van der Waals surface area contributed by atoms with Crippen molar-refractivity contribution in [1.29, 1.82) is 0 Å². The molecule has 16 heteroatoms. The second-order valence-electron chi connectivity index (χ2n) is 19.5. The Morgan fingerprint density at radius 3 is 1.22 bits per heavy atom. The molecule has 0 aliphatic rings. The van der Waals surface area contributed by atoms with Crippen LogP contribution in [0.15, 0.2) is 0 Å². The summed E-state index contributed by atoms with van der Waals surface area (Å²) in [4.78, 5) is 90.3. The second-order valence-corrected chi connectivity index (χ2v) is 19.5. The minimum atomic E-state index is -1.23. The van der Waals surface area contributed by atoms with Crippen molar-refractivity contribution in [3.8, 4) is 0 Å². The number of amides is 5. The third kappa shape index (κ3) is 33.8. The highest BCUT2D eigenvalue weighted by Crippen LogP contribution is 2.18. The molecule has 0 aliphatic carbocycles. The Morgan fingerprint density at radius 2 is 0.826 bits per heavy atom. The standard InChI is InChI=1S/C53H104N8O8/c1-7-13-17-19-21-23-25-27-34-57(49(64)41-59(36-31-53(68)69)48(63)37-56-33-32-54)43-52(67)61(39-46(12-6)30-16-10-4)44-50(65)58(35-28-26-24-22-20-18-14-8-2)42-51(66)60(40-47(55)62)38-45(11-5)29-15-9-3/h45-47,56,62H,7-44,54-55H2,1-6H3,(H,68,69). The number of carboxylic acid groups (broad SMARTS) is 1. The Balaban J connectivity index is 6.88. The number of nitrogens with two attached hydrogens (primary N) is 2. The fraction of sp³-hybridized carbons (Fsp3) is 0.887. The van der Waals surface area contributed by atoms with Crippen molar-refractivity contribution < 1.29 is 39.0 Å². The smallest absolute Gasteiger partial charge is 0.305 e. The molecule has 3 atom stereocenters. The lowest BCUT2D eigenvalue weighted by molar-refractivity contribution is -0.148. The number of carbonyl (C=O) groups excluding carboxylic acids is 5. The van der Waals surface area contributed by atoms with Crippen LogP contribution in [0.5, 0.6) is 0 Å². The van der Waals surface area contributed by atoms with Crippen molar-refractivity contribution in [3.63, 3.8) is 0 Å². The molecule has 16 nitrogen and oxygen atoms in total. The highest BCUT2D eigenvalue weighted by atomic mass is 16.4. The van der Waals surface area contributed by atoms with Gasteiger partial charge in [0, 0.05) is 45.8 Å². The summed E-state index contributed by atoms with van der Waals surface area (Å²) in [5.74, 6) is -2.74. The van der Waals surface area contributed by atoms with Crippen LogP contribution < -0.4 is 16.8 Å². The van der Waals surface area contributed by atoms with E-state index in [0.717, 1.165) is 109 Å². The molecule has 0 aromatic rings. The third-order valence-corrected chi connectivity index (χ3v) is 13.3. The van der Waals surface area contributed by atoms with Gasteiger partial charge in [0.25, 0.3) is 0 Å². The first kappa shape index (κ1) is 65.7. The van der Waals surface area contributed by atoms with Gasteiger partial charge in [-0.05, 0) is 37.5 Å². The van der Waals surface area contributed by atoms with Crippen molar-refractivity contribution in [2.75, 3.05) is 85.1 Å². The number of aliphatic hydroxyl groups excluding tert-OH is 1. The van der Waals surface area contributed by atoms with Gasteiger partial charge in [0.05, 0.1) is 45.7 Å². The topological polar surface area (TPSA) is 223 Å². The van der Waals surface area contributed by atoms with E-state index in [0.29, 0.717) is 45.6 Å². The summed E-state index contributed by atoms with van der Waals surface area (Å²) in [6.45, 7) is 13.3. The molecule has 0 saturated carbocycles. The molecule has 0 aromatic heterocycles.